The molecule has 2 aromatic heterocycles. The monoisotopic (exact) mass is 348 g/mol. The SMILES string of the molecule is Cc1cc(C(=O)N2CCc3c(Cc4nn[nH]n4)cccc3C2)c(C)cn1. The molecule has 132 valence electrons. The molecule has 1 aliphatic heterocycles. The lowest BCUT2D eigenvalue weighted by molar-refractivity contribution is 0.0733. The van der Waals surface area contributed by atoms with Gasteiger partial charge in [0, 0.05) is 37.0 Å². The highest BCUT2D eigenvalue weighted by Gasteiger charge is 2.24. The highest BCUT2D eigenvalue weighted by molar-refractivity contribution is 5.95. The van der Waals surface area contributed by atoms with Gasteiger partial charge in [0.25, 0.3) is 5.91 Å². The van der Waals surface area contributed by atoms with Crippen molar-refractivity contribution in [2.45, 2.75) is 33.2 Å². The number of nitrogens with one attached hydrogen (secondary N) is 1. The van der Waals surface area contributed by atoms with Crippen molar-refractivity contribution in [3.63, 3.8) is 0 Å². The molecule has 1 N–H and O–H groups in total. The van der Waals surface area contributed by atoms with Gasteiger partial charge in [-0.25, -0.2) is 0 Å². The van der Waals surface area contributed by atoms with Crippen LogP contribution in [0.3, 0.4) is 0 Å². The summed E-state index contributed by atoms with van der Waals surface area (Å²) >= 11 is 0. The van der Waals surface area contributed by atoms with Crippen molar-refractivity contribution < 1.29 is 4.79 Å². The van der Waals surface area contributed by atoms with Crippen molar-refractivity contribution in [2.75, 3.05) is 6.54 Å². The van der Waals surface area contributed by atoms with Gasteiger partial charge in [-0.15, -0.1) is 10.2 Å². The second-order valence-electron chi connectivity index (χ2n) is 6.68. The number of nitrogens with zero attached hydrogens (tertiary/aromatic N) is 5. The summed E-state index contributed by atoms with van der Waals surface area (Å²) in [6, 6.07) is 8.10. The molecule has 0 saturated heterocycles. The van der Waals surface area contributed by atoms with Crippen LogP contribution in [0.2, 0.25) is 0 Å². The van der Waals surface area contributed by atoms with E-state index < -0.39 is 0 Å². The summed E-state index contributed by atoms with van der Waals surface area (Å²) in [4.78, 5) is 19.2. The first-order chi connectivity index (χ1) is 12.6. The van der Waals surface area contributed by atoms with Gasteiger partial charge in [-0.3, -0.25) is 9.78 Å². The maximum atomic E-state index is 13.0. The highest BCUT2D eigenvalue weighted by Crippen LogP contribution is 2.25. The number of tetrazole rings is 1. The van der Waals surface area contributed by atoms with Gasteiger partial charge in [0.15, 0.2) is 5.82 Å². The molecule has 0 radical (unpaired) electrons. The molecule has 0 atom stereocenters. The van der Waals surface area contributed by atoms with Crippen LogP contribution in [0.1, 0.15) is 44.1 Å². The number of benzene rings is 1. The molecule has 7 nitrogen and oxygen atoms in total. The summed E-state index contributed by atoms with van der Waals surface area (Å²) in [7, 11) is 0. The summed E-state index contributed by atoms with van der Waals surface area (Å²) in [6.45, 7) is 5.16. The van der Waals surface area contributed by atoms with Crippen LogP contribution < -0.4 is 0 Å². The first-order valence-electron chi connectivity index (χ1n) is 8.66. The van der Waals surface area contributed by atoms with Gasteiger partial charge in [-0.05, 0) is 48.6 Å². The van der Waals surface area contributed by atoms with Crippen LogP contribution >= 0.6 is 0 Å². The van der Waals surface area contributed by atoms with Crippen molar-refractivity contribution >= 4 is 5.91 Å². The number of carbonyl (C=O) groups is 1. The van der Waals surface area contributed by atoms with Gasteiger partial charge >= 0.3 is 0 Å². The third-order valence-electron chi connectivity index (χ3n) is 4.86. The normalized spacial score (nSPS) is 13.5. The predicted molar refractivity (Wildman–Crippen MR) is 95.6 cm³/mol. The molecule has 0 bridgehead atoms. The summed E-state index contributed by atoms with van der Waals surface area (Å²) in [5.41, 5.74) is 6.20. The number of rotatable bonds is 3. The Kier molecular flexibility index (Phi) is 4.20. The van der Waals surface area contributed by atoms with E-state index in [1.54, 1.807) is 6.20 Å². The van der Waals surface area contributed by atoms with Gasteiger partial charge < -0.3 is 4.90 Å². The number of H-pyrrole nitrogens is 1. The lowest BCUT2D eigenvalue weighted by Crippen LogP contribution is -2.36. The fourth-order valence-corrected chi connectivity index (χ4v) is 3.48. The van der Waals surface area contributed by atoms with E-state index >= 15 is 0 Å². The number of hydrogen-bond acceptors (Lipinski definition) is 5. The van der Waals surface area contributed by atoms with Crippen molar-refractivity contribution in [3.05, 3.63) is 69.8 Å². The van der Waals surface area contributed by atoms with Gasteiger partial charge in [-0.2, -0.15) is 5.21 Å². The van der Waals surface area contributed by atoms with Crippen LogP contribution in [0.5, 0.6) is 0 Å². The minimum Gasteiger partial charge on any atom is -0.334 e. The van der Waals surface area contributed by atoms with Gasteiger partial charge in [0.05, 0.1) is 0 Å². The largest absolute Gasteiger partial charge is 0.334 e. The highest BCUT2D eigenvalue weighted by atomic mass is 16.2. The van der Waals surface area contributed by atoms with E-state index in [1.165, 1.54) is 16.7 Å². The Bertz CT molecular complexity index is 951. The molecule has 0 fully saturated rings. The maximum Gasteiger partial charge on any atom is 0.254 e. The van der Waals surface area contributed by atoms with Crippen LogP contribution in [0.4, 0.5) is 0 Å². The molecule has 0 unspecified atom stereocenters. The Labute approximate surface area is 151 Å². The van der Waals surface area contributed by atoms with Crippen LogP contribution in [0, 0.1) is 13.8 Å². The fraction of sp³-hybridized carbons (Fsp3) is 0.316. The standard InChI is InChI=1S/C19H20N6O/c1-12-10-20-13(2)8-17(12)19(26)25-7-6-16-14(4-3-5-15(16)11-25)9-18-21-23-24-22-18/h3-5,8,10H,6-7,9,11H2,1-2H3,(H,21,22,23,24). The minimum atomic E-state index is 0.0715. The van der Waals surface area contributed by atoms with Crippen LogP contribution in [-0.2, 0) is 19.4 Å². The molecule has 7 heteroatoms. The number of amides is 1. The van der Waals surface area contributed by atoms with Gasteiger partial charge in [-0.1, -0.05) is 23.4 Å². The average molecular weight is 348 g/mol. The molecule has 3 aromatic rings. The molecule has 1 aliphatic rings. The van der Waals surface area contributed by atoms with E-state index in [1.807, 2.05) is 30.9 Å². The second kappa shape index (κ2) is 6.67. The summed E-state index contributed by atoms with van der Waals surface area (Å²) < 4.78 is 0. The van der Waals surface area contributed by atoms with Gasteiger partial charge in [0.1, 0.15) is 0 Å². The quantitative estimate of drug-likeness (QED) is 0.782. The summed E-state index contributed by atoms with van der Waals surface area (Å²) in [5.74, 6) is 0.752. The maximum absolute atomic E-state index is 13.0. The molecule has 0 spiro atoms. The van der Waals surface area contributed by atoms with E-state index in [4.69, 9.17) is 0 Å². The zero-order valence-corrected chi connectivity index (χ0v) is 14.9. The second-order valence-corrected chi connectivity index (χ2v) is 6.68. The topological polar surface area (TPSA) is 87.7 Å². The summed E-state index contributed by atoms with van der Waals surface area (Å²) in [5, 5.41) is 14.2. The number of fused-ring (bicyclic) bond motifs is 1. The number of aryl methyl sites for hydroxylation is 2. The Balaban J connectivity index is 1.58. The molecule has 26 heavy (non-hydrogen) atoms. The molecule has 1 aromatic carbocycles. The predicted octanol–water partition coefficient (Wildman–Crippen LogP) is 2.00. The molecule has 0 aliphatic carbocycles. The molecule has 0 saturated carbocycles. The van der Waals surface area contributed by atoms with E-state index in [-0.39, 0.29) is 5.91 Å². The van der Waals surface area contributed by atoms with Crippen LogP contribution in [0.25, 0.3) is 0 Å². The molecule has 3 heterocycles. The smallest absolute Gasteiger partial charge is 0.254 e. The van der Waals surface area contributed by atoms with Gasteiger partial charge in [0.2, 0.25) is 0 Å². The third-order valence-corrected chi connectivity index (χ3v) is 4.86. The number of hydrogen-bond donors (Lipinski definition) is 1. The number of pyridine rings is 1. The van der Waals surface area contributed by atoms with Crippen LogP contribution in [0.15, 0.2) is 30.5 Å². The fourth-order valence-electron chi connectivity index (χ4n) is 3.48. The van der Waals surface area contributed by atoms with E-state index in [0.29, 0.717) is 25.3 Å². The number of carbonyl (C=O) groups excluding carboxylic acids is 1. The molecule has 1 amide bonds. The molecular weight excluding hydrogens is 328 g/mol. The zero-order valence-electron chi connectivity index (χ0n) is 14.9. The average Bonchev–Trinajstić information content (AvgIpc) is 3.16. The van der Waals surface area contributed by atoms with Crippen molar-refractivity contribution in [3.8, 4) is 0 Å². The first kappa shape index (κ1) is 16.4. The zero-order chi connectivity index (χ0) is 18.1. The Morgan fingerprint density at radius 3 is 3.00 bits per heavy atom. The lowest BCUT2D eigenvalue weighted by atomic mass is 9.92. The first-order valence-corrected chi connectivity index (χ1v) is 8.66. The Morgan fingerprint density at radius 2 is 2.19 bits per heavy atom. The third kappa shape index (κ3) is 3.08. The van der Waals surface area contributed by atoms with Crippen molar-refractivity contribution in [1.29, 1.82) is 0 Å². The number of aromatic amines is 1. The van der Waals surface area contributed by atoms with Crippen LogP contribution in [-0.4, -0.2) is 43.0 Å². The van der Waals surface area contributed by atoms with E-state index in [9.17, 15) is 4.79 Å². The van der Waals surface area contributed by atoms with E-state index in [0.717, 1.165) is 23.2 Å². The molecular formula is C19H20N6O. The number of aromatic nitrogens is 5. The summed E-state index contributed by atoms with van der Waals surface area (Å²) in [6.07, 6.45) is 3.25. The van der Waals surface area contributed by atoms with E-state index in [2.05, 4.69) is 37.7 Å². The van der Waals surface area contributed by atoms with Crippen molar-refractivity contribution in [2.24, 2.45) is 0 Å². The lowest BCUT2D eigenvalue weighted by Gasteiger charge is -2.30. The van der Waals surface area contributed by atoms with Crippen molar-refractivity contribution in [1.82, 2.24) is 30.5 Å². The molecule has 4 rings (SSSR count). The Hall–Kier alpha value is -3.09. The Morgan fingerprint density at radius 1 is 1.31 bits per heavy atom. The minimum absolute atomic E-state index is 0.0715.